The smallest absolute Gasteiger partial charge is 0.0948 e. The summed E-state index contributed by atoms with van der Waals surface area (Å²) in [5.74, 6) is 5.65. The van der Waals surface area contributed by atoms with Crippen molar-refractivity contribution in [2.45, 2.75) is 38.6 Å². The summed E-state index contributed by atoms with van der Waals surface area (Å²) in [6, 6.07) is 4.02. The van der Waals surface area contributed by atoms with Crippen LogP contribution in [-0.4, -0.2) is 9.97 Å². The van der Waals surface area contributed by atoms with Gasteiger partial charge in [0.2, 0.25) is 0 Å². The number of thiazole rings is 1. The molecule has 2 heterocycles. The number of pyridine rings is 1. The highest BCUT2D eigenvalue weighted by Crippen LogP contribution is 2.26. The SMILES string of the molecule is CC(C)(C)c1csc(CC(NN)c2ccncc2)n1. The molecule has 1 unspecified atom stereocenters. The lowest BCUT2D eigenvalue weighted by Gasteiger charge is -2.16. The summed E-state index contributed by atoms with van der Waals surface area (Å²) in [6.07, 6.45) is 4.35. The summed E-state index contributed by atoms with van der Waals surface area (Å²) in [4.78, 5) is 8.73. The average molecular weight is 276 g/mol. The molecule has 19 heavy (non-hydrogen) atoms. The van der Waals surface area contributed by atoms with Crippen LogP contribution in [0.3, 0.4) is 0 Å². The first-order valence-corrected chi connectivity index (χ1v) is 7.19. The molecule has 2 aromatic heterocycles. The van der Waals surface area contributed by atoms with Crippen molar-refractivity contribution in [1.82, 2.24) is 15.4 Å². The van der Waals surface area contributed by atoms with Gasteiger partial charge in [0.15, 0.2) is 0 Å². The summed E-state index contributed by atoms with van der Waals surface area (Å²) in [5, 5.41) is 3.24. The van der Waals surface area contributed by atoms with Gasteiger partial charge >= 0.3 is 0 Å². The van der Waals surface area contributed by atoms with Crippen molar-refractivity contribution in [3.05, 3.63) is 46.2 Å². The Bertz CT molecular complexity index is 516. The number of hydrazine groups is 1. The largest absolute Gasteiger partial charge is 0.271 e. The molecular weight excluding hydrogens is 256 g/mol. The van der Waals surface area contributed by atoms with E-state index in [1.54, 1.807) is 23.7 Å². The van der Waals surface area contributed by atoms with E-state index in [-0.39, 0.29) is 11.5 Å². The second kappa shape index (κ2) is 5.77. The lowest BCUT2D eigenvalue weighted by atomic mass is 9.93. The summed E-state index contributed by atoms with van der Waals surface area (Å²) < 4.78 is 0. The zero-order valence-corrected chi connectivity index (χ0v) is 12.4. The van der Waals surface area contributed by atoms with E-state index in [0.29, 0.717) is 0 Å². The average Bonchev–Trinajstić information content (AvgIpc) is 2.85. The molecule has 0 aliphatic heterocycles. The zero-order chi connectivity index (χ0) is 13.9. The maximum Gasteiger partial charge on any atom is 0.0948 e. The van der Waals surface area contributed by atoms with E-state index in [9.17, 15) is 0 Å². The van der Waals surface area contributed by atoms with Crippen LogP contribution in [0, 0.1) is 0 Å². The minimum absolute atomic E-state index is 0.0713. The third-order valence-electron chi connectivity index (χ3n) is 3.01. The number of aromatic nitrogens is 2. The maximum atomic E-state index is 5.65. The van der Waals surface area contributed by atoms with Gasteiger partial charge in [0.05, 0.1) is 16.7 Å². The van der Waals surface area contributed by atoms with E-state index in [4.69, 9.17) is 10.8 Å². The van der Waals surface area contributed by atoms with Gasteiger partial charge in [-0.2, -0.15) is 0 Å². The van der Waals surface area contributed by atoms with Gasteiger partial charge in [0, 0.05) is 29.6 Å². The minimum atomic E-state index is 0.0713. The molecule has 2 aromatic rings. The standard InChI is InChI=1S/C14H20N4S/c1-14(2,3)12-9-19-13(17-12)8-11(18-15)10-4-6-16-7-5-10/h4-7,9,11,18H,8,15H2,1-3H3. The predicted molar refractivity (Wildman–Crippen MR) is 78.8 cm³/mol. The zero-order valence-electron chi connectivity index (χ0n) is 11.6. The molecular formula is C14H20N4S. The molecule has 0 radical (unpaired) electrons. The van der Waals surface area contributed by atoms with Gasteiger partial charge in [0.1, 0.15) is 0 Å². The van der Waals surface area contributed by atoms with E-state index < -0.39 is 0 Å². The second-order valence-electron chi connectivity index (χ2n) is 5.58. The molecule has 0 saturated carbocycles. The number of rotatable bonds is 4. The Morgan fingerprint density at radius 1 is 1.32 bits per heavy atom. The van der Waals surface area contributed by atoms with Crippen LogP contribution in [0.15, 0.2) is 29.9 Å². The molecule has 0 aromatic carbocycles. The number of nitrogens with zero attached hydrogens (tertiary/aromatic N) is 2. The van der Waals surface area contributed by atoms with E-state index in [0.717, 1.165) is 22.7 Å². The highest BCUT2D eigenvalue weighted by molar-refractivity contribution is 7.09. The Hall–Kier alpha value is -1.30. The minimum Gasteiger partial charge on any atom is -0.271 e. The molecule has 0 aliphatic rings. The Labute approximate surface area is 118 Å². The predicted octanol–water partition coefficient (Wildman–Crippen LogP) is 2.58. The van der Waals surface area contributed by atoms with Gasteiger partial charge in [-0.15, -0.1) is 11.3 Å². The van der Waals surface area contributed by atoms with Crippen LogP contribution < -0.4 is 11.3 Å². The number of hydrogen-bond acceptors (Lipinski definition) is 5. The van der Waals surface area contributed by atoms with E-state index >= 15 is 0 Å². The van der Waals surface area contributed by atoms with Crippen molar-refractivity contribution >= 4 is 11.3 Å². The first kappa shape index (κ1) is 14.1. The Morgan fingerprint density at radius 3 is 2.53 bits per heavy atom. The molecule has 3 N–H and O–H groups in total. The number of hydrogen-bond donors (Lipinski definition) is 2. The van der Waals surface area contributed by atoms with E-state index in [1.165, 1.54) is 0 Å². The number of nitrogens with two attached hydrogens (primary N) is 1. The Balaban J connectivity index is 2.13. The van der Waals surface area contributed by atoms with Crippen LogP contribution in [0.25, 0.3) is 0 Å². The molecule has 0 spiro atoms. The monoisotopic (exact) mass is 276 g/mol. The summed E-state index contributed by atoms with van der Waals surface area (Å²) in [5.41, 5.74) is 5.21. The normalized spacial score (nSPS) is 13.5. The third kappa shape index (κ3) is 3.59. The highest BCUT2D eigenvalue weighted by atomic mass is 32.1. The molecule has 102 valence electrons. The molecule has 0 saturated heterocycles. The van der Waals surface area contributed by atoms with Gasteiger partial charge < -0.3 is 0 Å². The first-order chi connectivity index (χ1) is 9.00. The Kier molecular flexibility index (Phi) is 4.29. The third-order valence-corrected chi connectivity index (χ3v) is 3.88. The van der Waals surface area contributed by atoms with Gasteiger partial charge in [0.25, 0.3) is 0 Å². The molecule has 2 rings (SSSR count). The van der Waals surface area contributed by atoms with Crippen molar-refractivity contribution in [1.29, 1.82) is 0 Å². The molecule has 4 nitrogen and oxygen atoms in total. The lowest BCUT2D eigenvalue weighted by Crippen LogP contribution is -2.29. The van der Waals surface area contributed by atoms with Crippen molar-refractivity contribution in [2.24, 2.45) is 5.84 Å². The van der Waals surface area contributed by atoms with Gasteiger partial charge in [-0.25, -0.2) is 4.98 Å². The van der Waals surface area contributed by atoms with Gasteiger partial charge in [-0.3, -0.25) is 16.3 Å². The maximum absolute atomic E-state index is 5.65. The van der Waals surface area contributed by atoms with Gasteiger partial charge in [-0.05, 0) is 17.7 Å². The van der Waals surface area contributed by atoms with Crippen molar-refractivity contribution < 1.29 is 0 Å². The summed E-state index contributed by atoms with van der Waals surface area (Å²) in [7, 11) is 0. The molecule has 0 fully saturated rings. The summed E-state index contributed by atoms with van der Waals surface area (Å²) >= 11 is 1.69. The van der Waals surface area contributed by atoms with Gasteiger partial charge in [-0.1, -0.05) is 20.8 Å². The van der Waals surface area contributed by atoms with Crippen LogP contribution in [0.1, 0.15) is 43.1 Å². The first-order valence-electron chi connectivity index (χ1n) is 6.31. The van der Waals surface area contributed by atoms with Crippen LogP contribution in [-0.2, 0) is 11.8 Å². The quantitative estimate of drug-likeness (QED) is 0.665. The molecule has 0 amide bonds. The molecule has 1 atom stereocenters. The van der Waals surface area contributed by atoms with Crippen LogP contribution >= 0.6 is 11.3 Å². The molecule has 0 bridgehead atoms. The lowest BCUT2D eigenvalue weighted by molar-refractivity contribution is 0.540. The van der Waals surface area contributed by atoms with E-state index in [1.807, 2.05) is 12.1 Å². The topological polar surface area (TPSA) is 63.8 Å². The van der Waals surface area contributed by atoms with Crippen molar-refractivity contribution in [2.75, 3.05) is 0 Å². The fourth-order valence-corrected chi connectivity index (χ4v) is 2.86. The summed E-state index contributed by atoms with van der Waals surface area (Å²) in [6.45, 7) is 6.52. The highest BCUT2D eigenvalue weighted by Gasteiger charge is 2.19. The molecule has 5 heteroatoms. The van der Waals surface area contributed by atoms with Crippen molar-refractivity contribution in [3.8, 4) is 0 Å². The van der Waals surface area contributed by atoms with Crippen LogP contribution in [0.2, 0.25) is 0 Å². The van der Waals surface area contributed by atoms with Crippen molar-refractivity contribution in [3.63, 3.8) is 0 Å². The van der Waals surface area contributed by atoms with Crippen LogP contribution in [0.4, 0.5) is 0 Å². The number of nitrogens with one attached hydrogen (secondary N) is 1. The molecule has 0 aliphatic carbocycles. The fraction of sp³-hybridized carbons (Fsp3) is 0.429. The van der Waals surface area contributed by atoms with E-state index in [2.05, 4.69) is 36.6 Å². The second-order valence-corrected chi connectivity index (χ2v) is 6.52. The van der Waals surface area contributed by atoms with Crippen LogP contribution in [0.5, 0.6) is 0 Å². The Morgan fingerprint density at radius 2 is 2.00 bits per heavy atom. The fourth-order valence-electron chi connectivity index (χ4n) is 1.79.